The van der Waals surface area contributed by atoms with Crippen LogP contribution in [0.5, 0.6) is 0 Å². The minimum atomic E-state index is 0.677. The molecule has 0 aliphatic rings. The van der Waals surface area contributed by atoms with Crippen molar-refractivity contribution < 1.29 is 4.74 Å². The maximum absolute atomic E-state index is 6.48. The first-order valence-corrected chi connectivity index (χ1v) is 8.23. The molecule has 0 aromatic heterocycles. The van der Waals surface area contributed by atoms with Crippen molar-refractivity contribution in [3.05, 3.63) is 28.8 Å². The van der Waals surface area contributed by atoms with Gasteiger partial charge >= 0.3 is 0 Å². The molecule has 0 amide bonds. The molecule has 0 saturated heterocycles. The second-order valence-corrected chi connectivity index (χ2v) is 5.91. The lowest BCUT2D eigenvalue weighted by atomic mass is 10.1. The highest BCUT2D eigenvalue weighted by atomic mass is 35.5. The Morgan fingerprint density at radius 3 is 2.67 bits per heavy atom. The number of methoxy groups -OCH3 is 1. The summed E-state index contributed by atoms with van der Waals surface area (Å²) >= 11 is 6.48. The Labute approximate surface area is 134 Å². The van der Waals surface area contributed by atoms with Crippen LogP contribution in [0.15, 0.2) is 18.2 Å². The molecule has 1 rings (SSSR count). The summed E-state index contributed by atoms with van der Waals surface area (Å²) in [4.78, 5) is 2.36. The van der Waals surface area contributed by atoms with Crippen LogP contribution in [0.2, 0.25) is 5.02 Å². The molecule has 1 atom stereocenters. The van der Waals surface area contributed by atoms with Gasteiger partial charge in [-0.05, 0) is 30.5 Å². The molecule has 0 saturated carbocycles. The van der Waals surface area contributed by atoms with Gasteiger partial charge in [0.2, 0.25) is 0 Å². The molecule has 0 aliphatic carbocycles. The fourth-order valence-corrected chi connectivity index (χ4v) is 2.55. The summed E-state index contributed by atoms with van der Waals surface area (Å²) in [5.41, 5.74) is 2.35. The van der Waals surface area contributed by atoms with Gasteiger partial charge in [-0.2, -0.15) is 0 Å². The standard InChI is InChI=1S/C17H29ClN2O/c1-5-14(3)13-20(6-2)17-8-7-15(11-16(17)18)12-19-9-10-21-4/h7-8,11,14,19H,5-6,9-10,12-13H2,1-4H3. The summed E-state index contributed by atoms with van der Waals surface area (Å²) in [6.45, 7) is 11.1. The Morgan fingerprint density at radius 2 is 2.10 bits per heavy atom. The Balaban J connectivity index is 2.67. The summed E-state index contributed by atoms with van der Waals surface area (Å²) in [6.07, 6.45) is 1.19. The molecule has 0 aliphatic heterocycles. The molecular weight excluding hydrogens is 284 g/mol. The van der Waals surface area contributed by atoms with E-state index in [0.717, 1.165) is 43.5 Å². The largest absolute Gasteiger partial charge is 0.383 e. The van der Waals surface area contributed by atoms with Crippen LogP contribution in [0, 0.1) is 5.92 Å². The molecule has 1 aromatic rings. The van der Waals surface area contributed by atoms with Gasteiger partial charge in [0.15, 0.2) is 0 Å². The van der Waals surface area contributed by atoms with E-state index in [1.807, 2.05) is 0 Å². The molecule has 0 heterocycles. The molecule has 4 heteroatoms. The van der Waals surface area contributed by atoms with Gasteiger partial charge in [0.1, 0.15) is 0 Å². The van der Waals surface area contributed by atoms with E-state index in [9.17, 15) is 0 Å². The lowest BCUT2D eigenvalue weighted by molar-refractivity contribution is 0.199. The topological polar surface area (TPSA) is 24.5 Å². The van der Waals surface area contributed by atoms with E-state index in [2.05, 4.69) is 49.2 Å². The highest BCUT2D eigenvalue weighted by Crippen LogP contribution is 2.27. The Bertz CT molecular complexity index is 412. The van der Waals surface area contributed by atoms with Crippen LogP contribution in [-0.2, 0) is 11.3 Å². The minimum Gasteiger partial charge on any atom is -0.383 e. The van der Waals surface area contributed by atoms with E-state index in [1.165, 1.54) is 12.0 Å². The van der Waals surface area contributed by atoms with Gasteiger partial charge in [0.05, 0.1) is 17.3 Å². The first-order chi connectivity index (χ1) is 10.1. The van der Waals surface area contributed by atoms with Crippen LogP contribution in [0.25, 0.3) is 0 Å². The van der Waals surface area contributed by atoms with Gasteiger partial charge < -0.3 is 15.0 Å². The van der Waals surface area contributed by atoms with Crippen LogP contribution in [0.1, 0.15) is 32.8 Å². The van der Waals surface area contributed by atoms with Crippen molar-refractivity contribution >= 4 is 17.3 Å². The third-order valence-corrected chi connectivity index (χ3v) is 4.08. The summed E-state index contributed by atoms with van der Waals surface area (Å²) < 4.78 is 5.02. The van der Waals surface area contributed by atoms with Crippen molar-refractivity contribution in [2.24, 2.45) is 5.92 Å². The lowest BCUT2D eigenvalue weighted by Gasteiger charge is -2.27. The van der Waals surface area contributed by atoms with E-state index in [0.29, 0.717) is 5.92 Å². The molecule has 0 radical (unpaired) electrons. The number of nitrogens with one attached hydrogen (secondary N) is 1. The zero-order valence-electron chi connectivity index (χ0n) is 13.8. The summed E-state index contributed by atoms with van der Waals surface area (Å²) in [6, 6.07) is 6.36. The van der Waals surface area contributed by atoms with Crippen molar-refractivity contribution in [3.8, 4) is 0 Å². The van der Waals surface area contributed by atoms with Gasteiger partial charge in [-0.3, -0.25) is 0 Å². The average molecular weight is 313 g/mol. The Morgan fingerprint density at radius 1 is 1.33 bits per heavy atom. The normalized spacial score (nSPS) is 12.4. The van der Waals surface area contributed by atoms with Crippen LogP contribution < -0.4 is 10.2 Å². The number of benzene rings is 1. The maximum atomic E-state index is 6.48. The monoisotopic (exact) mass is 312 g/mol. The van der Waals surface area contributed by atoms with E-state index >= 15 is 0 Å². The molecule has 0 bridgehead atoms. The fourth-order valence-electron chi connectivity index (χ4n) is 2.23. The first kappa shape index (κ1) is 18.3. The summed E-state index contributed by atoms with van der Waals surface area (Å²) in [5, 5.41) is 4.18. The molecule has 1 N–H and O–H groups in total. The molecule has 21 heavy (non-hydrogen) atoms. The smallest absolute Gasteiger partial charge is 0.0642 e. The summed E-state index contributed by atoms with van der Waals surface area (Å²) in [7, 11) is 1.71. The minimum absolute atomic E-state index is 0.677. The number of rotatable bonds is 10. The first-order valence-electron chi connectivity index (χ1n) is 7.85. The van der Waals surface area contributed by atoms with Crippen LogP contribution in [0.3, 0.4) is 0 Å². The number of ether oxygens (including phenoxy) is 1. The lowest BCUT2D eigenvalue weighted by Crippen LogP contribution is -2.28. The molecule has 0 fully saturated rings. The van der Waals surface area contributed by atoms with Crippen molar-refractivity contribution in [1.29, 1.82) is 0 Å². The second kappa shape index (κ2) is 10.0. The van der Waals surface area contributed by atoms with E-state index in [4.69, 9.17) is 16.3 Å². The van der Waals surface area contributed by atoms with Crippen LogP contribution in [0.4, 0.5) is 5.69 Å². The number of anilines is 1. The number of hydrogen-bond acceptors (Lipinski definition) is 3. The van der Waals surface area contributed by atoms with E-state index in [1.54, 1.807) is 7.11 Å². The second-order valence-electron chi connectivity index (χ2n) is 5.51. The average Bonchev–Trinajstić information content (AvgIpc) is 2.49. The van der Waals surface area contributed by atoms with Crippen LogP contribution >= 0.6 is 11.6 Å². The molecule has 1 aromatic carbocycles. The quantitative estimate of drug-likeness (QED) is 0.662. The Hall–Kier alpha value is -0.770. The van der Waals surface area contributed by atoms with Gasteiger partial charge in [-0.1, -0.05) is 37.9 Å². The number of halogens is 1. The van der Waals surface area contributed by atoms with Gasteiger partial charge in [-0.25, -0.2) is 0 Å². The highest BCUT2D eigenvalue weighted by molar-refractivity contribution is 6.33. The zero-order valence-corrected chi connectivity index (χ0v) is 14.5. The molecule has 0 spiro atoms. The molecular formula is C17H29ClN2O. The zero-order chi connectivity index (χ0) is 15.7. The third-order valence-electron chi connectivity index (χ3n) is 3.78. The fraction of sp³-hybridized carbons (Fsp3) is 0.647. The van der Waals surface area contributed by atoms with E-state index < -0.39 is 0 Å². The predicted octanol–water partition coefficient (Wildman–Crippen LogP) is 3.95. The van der Waals surface area contributed by atoms with Gasteiger partial charge in [-0.15, -0.1) is 0 Å². The van der Waals surface area contributed by atoms with Crippen molar-refractivity contribution in [1.82, 2.24) is 5.32 Å². The van der Waals surface area contributed by atoms with Crippen molar-refractivity contribution in [2.75, 3.05) is 38.3 Å². The van der Waals surface area contributed by atoms with Crippen molar-refractivity contribution in [2.45, 2.75) is 33.7 Å². The number of nitrogens with zero attached hydrogens (tertiary/aromatic N) is 1. The Kier molecular flexibility index (Phi) is 8.74. The molecule has 3 nitrogen and oxygen atoms in total. The SMILES string of the molecule is CCC(C)CN(CC)c1ccc(CNCCOC)cc1Cl. The van der Waals surface area contributed by atoms with Gasteiger partial charge in [0, 0.05) is 33.3 Å². The summed E-state index contributed by atoms with van der Waals surface area (Å²) in [5.74, 6) is 0.677. The molecule has 1 unspecified atom stereocenters. The number of hydrogen-bond donors (Lipinski definition) is 1. The molecule has 120 valence electrons. The van der Waals surface area contributed by atoms with E-state index in [-0.39, 0.29) is 0 Å². The predicted molar refractivity (Wildman–Crippen MR) is 92.4 cm³/mol. The van der Waals surface area contributed by atoms with Gasteiger partial charge in [0.25, 0.3) is 0 Å². The van der Waals surface area contributed by atoms with Crippen molar-refractivity contribution in [3.63, 3.8) is 0 Å². The maximum Gasteiger partial charge on any atom is 0.0642 e. The van der Waals surface area contributed by atoms with Crippen LogP contribution in [-0.4, -0.2) is 33.4 Å². The third kappa shape index (κ3) is 6.25. The highest BCUT2D eigenvalue weighted by Gasteiger charge is 2.12.